The summed E-state index contributed by atoms with van der Waals surface area (Å²) in [5.41, 5.74) is 1.57. The lowest BCUT2D eigenvalue weighted by Gasteiger charge is -2.33. The van der Waals surface area contributed by atoms with Crippen molar-refractivity contribution >= 4 is 51.6 Å². The molecule has 0 radical (unpaired) electrons. The summed E-state index contributed by atoms with van der Waals surface area (Å²) in [6, 6.07) is 9.90. The fourth-order valence-electron chi connectivity index (χ4n) is 6.78. The van der Waals surface area contributed by atoms with Crippen LogP contribution in [-0.4, -0.2) is 80.6 Å². The monoisotopic (exact) mass is 768 g/mol. The van der Waals surface area contributed by atoms with Crippen molar-refractivity contribution in [2.45, 2.75) is 65.8 Å². The number of ether oxygens (including phenoxy) is 4. The number of fused-ring (bicyclic) bond motifs is 2. The van der Waals surface area contributed by atoms with Crippen LogP contribution >= 0.6 is 24.0 Å². The molecule has 2 aliphatic heterocycles. The summed E-state index contributed by atoms with van der Waals surface area (Å²) in [5.74, 6) is 4.97. The Morgan fingerprint density at radius 1 is 0.811 bits per heavy atom. The summed E-state index contributed by atoms with van der Waals surface area (Å²) in [7, 11) is 6.40. The first-order valence-electron chi connectivity index (χ1n) is 17.5. The standard InChI is InChI=1S/C19H24N4O2.C10H9ClN2O2.C9H16N2.CH4.ClH/c1-5-15(20-2)13-6-8-23(9-7-13)19-14-10-17(24-3)18(25-4)11-16(14)21-12-22-19;1-14-8-3-6-7(4-9(8)15-2)12-5-13-10(6)11;1-2-8(7-10)9-3-5-11-6-4-9;;/h10-13,15H,5-9H2,1,3-4H3;3-5H,1-2H3;8-9,11H,2-6H2,1H3;1H4;1H. The smallest absolute Gasteiger partial charge is 0.226 e. The van der Waals surface area contributed by atoms with Crippen molar-refractivity contribution in [2.24, 2.45) is 17.8 Å². The molecule has 2 aliphatic rings. The van der Waals surface area contributed by atoms with Gasteiger partial charge in [-0.15, -0.1) is 12.4 Å². The molecule has 53 heavy (non-hydrogen) atoms. The van der Waals surface area contributed by atoms with E-state index >= 15 is 0 Å². The Kier molecular flexibility index (Phi) is 19.1. The van der Waals surface area contributed by atoms with Crippen molar-refractivity contribution in [1.82, 2.24) is 25.3 Å². The van der Waals surface area contributed by atoms with E-state index in [9.17, 15) is 0 Å². The van der Waals surface area contributed by atoms with Gasteiger partial charge in [0.1, 0.15) is 23.6 Å². The minimum Gasteiger partial charge on any atom is -0.493 e. The molecular formula is C39H54Cl2N8O4. The average molecular weight is 770 g/mol. The molecule has 4 aromatic rings. The number of piperidine rings is 2. The van der Waals surface area contributed by atoms with Crippen LogP contribution in [0.25, 0.3) is 26.7 Å². The lowest BCUT2D eigenvalue weighted by Crippen LogP contribution is -2.37. The van der Waals surface area contributed by atoms with Crippen molar-refractivity contribution in [1.29, 1.82) is 5.26 Å². The third-order valence-electron chi connectivity index (χ3n) is 9.74. The second-order valence-electron chi connectivity index (χ2n) is 12.5. The predicted molar refractivity (Wildman–Crippen MR) is 215 cm³/mol. The second kappa shape index (κ2) is 22.7. The van der Waals surface area contributed by atoms with Crippen LogP contribution in [0, 0.1) is 35.7 Å². The number of hydrogen-bond donors (Lipinski definition) is 1. The fourth-order valence-corrected chi connectivity index (χ4v) is 6.97. The first-order chi connectivity index (χ1) is 24.8. The predicted octanol–water partition coefficient (Wildman–Crippen LogP) is 8.46. The van der Waals surface area contributed by atoms with Gasteiger partial charge in [-0.2, -0.15) is 5.26 Å². The van der Waals surface area contributed by atoms with E-state index in [1.54, 1.807) is 46.9 Å². The zero-order valence-electron chi connectivity index (χ0n) is 30.9. The maximum Gasteiger partial charge on any atom is 0.226 e. The maximum absolute atomic E-state index is 8.81. The third-order valence-corrected chi connectivity index (χ3v) is 10.0. The molecule has 0 saturated carbocycles. The van der Waals surface area contributed by atoms with Gasteiger partial charge in [0.2, 0.25) is 6.04 Å². The lowest BCUT2D eigenvalue weighted by atomic mass is 9.84. The first kappa shape index (κ1) is 44.8. The highest BCUT2D eigenvalue weighted by Gasteiger charge is 2.30. The summed E-state index contributed by atoms with van der Waals surface area (Å²) in [4.78, 5) is 23.0. The number of nitrogens with zero attached hydrogens (tertiary/aromatic N) is 7. The van der Waals surface area contributed by atoms with Crippen molar-refractivity contribution in [3.63, 3.8) is 0 Å². The molecule has 1 N–H and O–H groups in total. The van der Waals surface area contributed by atoms with Crippen molar-refractivity contribution in [3.05, 3.63) is 53.5 Å². The van der Waals surface area contributed by atoms with Gasteiger partial charge in [-0.3, -0.25) is 0 Å². The maximum atomic E-state index is 8.81. The number of halogens is 2. The van der Waals surface area contributed by atoms with E-state index in [4.69, 9.17) is 42.4 Å². The Hall–Kier alpha value is -4.36. The summed E-state index contributed by atoms with van der Waals surface area (Å²) >= 11 is 5.93. The molecule has 2 aromatic heterocycles. The molecule has 4 heterocycles. The van der Waals surface area contributed by atoms with E-state index in [1.807, 2.05) is 12.1 Å². The Balaban J connectivity index is 0.000000297. The lowest BCUT2D eigenvalue weighted by molar-refractivity contribution is 0.299. The zero-order valence-corrected chi connectivity index (χ0v) is 32.5. The minimum absolute atomic E-state index is 0. The molecule has 0 bridgehead atoms. The van der Waals surface area contributed by atoms with Crippen LogP contribution in [0.1, 0.15) is 59.8 Å². The highest BCUT2D eigenvalue weighted by Crippen LogP contribution is 2.37. The molecular weight excluding hydrogens is 715 g/mol. The molecule has 6 rings (SSSR count). The van der Waals surface area contributed by atoms with Gasteiger partial charge in [-0.25, -0.2) is 26.5 Å². The van der Waals surface area contributed by atoms with Gasteiger partial charge in [0.15, 0.2) is 23.0 Å². The highest BCUT2D eigenvalue weighted by atomic mass is 35.5. The van der Waals surface area contributed by atoms with Crippen LogP contribution in [0.5, 0.6) is 23.0 Å². The molecule has 12 nitrogen and oxygen atoms in total. The van der Waals surface area contributed by atoms with Crippen molar-refractivity contribution in [2.75, 3.05) is 59.5 Å². The third kappa shape index (κ3) is 11.3. The topological polar surface area (TPSA) is 132 Å². The molecule has 288 valence electrons. The number of aromatic nitrogens is 4. The van der Waals surface area contributed by atoms with Crippen LogP contribution in [0.15, 0.2) is 36.9 Å². The average Bonchev–Trinajstić information content (AvgIpc) is 3.19. The van der Waals surface area contributed by atoms with Gasteiger partial charge in [-0.1, -0.05) is 32.9 Å². The Labute approximate surface area is 325 Å². The minimum atomic E-state index is 0. The normalized spacial score (nSPS) is 15.4. The van der Waals surface area contributed by atoms with E-state index in [-0.39, 0.29) is 25.9 Å². The van der Waals surface area contributed by atoms with Gasteiger partial charge >= 0.3 is 0 Å². The number of rotatable bonds is 9. The highest BCUT2D eigenvalue weighted by molar-refractivity contribution is 6.34. The first-order valence-corrected chi connectivity index (χ1v) is 17.8. The van der Waals surface area contributed by atoms with E-state index in [2.05, 4.69) is 54.9 Å². The molecule has 0 spiro atoms. The van der Waals surface area contributed by atoms with Gasteiger partial charge in [0, 0.05) is 54.3 Å². The quantitative estimate of drug-likeness (QED) is 0.130. The molecule has 0 amide bonds. The molecule has 0 aliphatic carbocycles. The molecule has 2 aromatic carbocycles. The number of nitriles is 1. The van der Waals surface area contributed by atoms with E-state index in [1.165, 1.54) is 19.2 Å². The van der Waals surface area contributed by atoms with Gasteiger partial charge in [-0.05, 0) is 63.2 Å². The summed E-state index contributed by atoms with van der Waals surface area (Å²) in [6.45, 7) is 15.6. The van der Waals surface area contributed by atoms with Crippen LogP contribution < -0.4 is 29.2 Å². The molecule has 2 unspecified atom stereocenters. The Morgan fingerprint density at radius 2 is 1.32 bits per heavy atom. The summed E-state index contributed by atoms with van der Waals surface area (Å²) in [5, 5.41) is 14.2. The van der Waals surface area contributed by atoms with Crippen LogP contribution in [0.4, 0.5) is 5.82 Å². The van der Waals surface area contributed by atoms with E-state index in [0.29, 0.717) is 45.9 Å². The number of nitrogens with one attached hydrogen (secondary N) is 1. The fraction of sp³-hybridized carbons (Fsp3) is 0.538. The van der Waals surface area contributed by atoms with Crippen molar-refractivity contribution < 1.29 is 18.9 Å². The number of benzene rings is 2. The Morgan fingerprint density at radius 3 is 1.81 bits per heavy atom. The number of anilines is 1. The number of hydrogen-bond acceptors (Lipinski definition) is 11. The van der Waals surface area contributed by atoms with Crippen LogP contribution in [0.2, 0.25) is 5.15 Å². The SMILES string of the molecule is C.CCC(C#N)C1CCNCC1.COc1cc2ncnc(Cl)c2cc1OC.Cl.[C-]#[N+]C(CC)C1CCN(c2ncnc3cc(OC)c(OC)cc23)CC1. The molecule has 2 atom stereocenters. The van der Waals surface area contributed by atoms with E-state index < -0.39 is 0 Å². The van der Waals surface area contributed by atoms with Gasteiger partial charge in [0.05, 0.1) is 45.5 Å². The summed E-state index contributed by atoms with van der Waals surface area (Å²) < 4.78 is 21.1. The second-order valence-corrected chi connectivity index (χ2v) is 12.8. The van der Waals surface area contributed by atoms with Gasteiger partial charge in [0.25, 0.3) is 0 Å². The van der Waals surface area contributed by atoms with Gasteiger partial charge < -0.3 is 34.0 Å². The largest absolute Gasteiger partial charge is 0.493 e. The summed E-state index contributed by atoms with van der Waals surface area (Å²) in [6.07, 6.45) is 9.39. The molecule has 2 saturated heterocycles. The van der Waals surface area contributed by atoms with Crippen LogP contribution in [-0.2, 0) is 0 Å². The molecule has 14 heteroatoms. The number of methoxy groups -OCH3 is 4. The Bertz CT molecular complexity index is 1800. The van der Waals surface area contributed by atoms with Crippen LogP contribution in [0.3, 0.4) is 0 Å². The van der Waals surface area contributed by atoms with E-state index in [0.717, 1.165) is 79.5 Å². The zero-order chi connectivity index (χ0) is 36.8. The van der Waals surface area contributed by atoms with Crippen molar-refractivity contribution in [3.8, 4) is 29.1 Å². The molecule has 2 fully saturated rings.